The second-order valence-electron chi connectivity index (χ2n) is 5.90. The third-order valence-corrected chi connectivity index (χ3v) is 5.65. The number of benzene rings is 2. The molecule has 0 amide bonds. The molecular formula is C18H23FN2O2S. The van der Waals surface area contributed by atoms with E-state index < -0.39 is 15.8 Å². The van der Waals surface area contributed by atoms with Gasteiger partial charge in [-0.15, -0.1) is 0 Å². The second kappa shape index (κ2) is 8.37. The van der Waals surface area contributed by atoms with Gasteiger partial charge in [0.25, 0.3) is 0 Å². The number of sulfonamides is 1. The van der Waals surface area contributed by atoms with Crippen LogP contribution >= 0.6 is 0 Å². The molecule has 0 unspecified atom stereocenters. The van der Waals surface area contributed by atoms with Crippen LogP contribution in [-0.4, -0.2) is 51.4 Å². The molecule has 0 saturated heterocycles. The SMILES string of the molecule is CN(C)CCN(CCc1ccccc1)S(=O)(=O)c1ccc(F)cc1. The quantitative estimate of drug-likeness (QED) is 0.735. The lowest BCUT2D eigenvalue weighted by molar-refractivity contribution is 0.334. The Bertz CT molecular complexity index is 731. The van der Waals surface area contributed by atoms with Crippen molar-refractivity contribution < 1.29 is 12.8 Å². The summed E-state index contributed by atoms with van der Waals surface area (Å²) in [5.41, 5.74) is 1.08. The summed E-state index contributed by atoms with van der Waals surface area (Å²) in [6, 6.07) is 14.8. The van der Waals surface area contributed by atoms with E-state index in [1.54, 1.807) is 0 Å². The van der Waals surface area contributed by atoms with Gasteiger partial charge in [0.05, 0.1) is 4.90 Å². The van der Waals surface area contributed by atoms with E-state index in [0.29, 0.717) is 26.1 Å². The van der Waals surface area contributed by atoms with Crippen molar-refractivity contribution >= 4 is 10.0 Å². The maximum Gasteiger partial charge on any atom is 0.243 e. The van der Waals surface area contributed by atoms with Crippen LogP contribution in [-0.2, 0) is 16.4 Å². The van der Waals surface area contributed by atoms with Crippen molar-refractivity contribution in [3.8, 4) is 0 Å². The molecule has 0 fully saturated rings. The minimum atomic E-state index is -3.64. The van der Waals surface area contributed by atoms with Crippen LogP contribution in [0.3, 0.4) is 0 Å². The van der Waals surface area contributed by atoms with Crippen LogP contribution in [0.25, 0.3) is 0 Å². The van der Waals surface area contributed by atoms with E-state index in [1.807, 2.05) is 49.3 Å². The van der Waals surface area contributed by atoms with Gasteiger partial charge in [-0.2, -0.15) is 4.31 Å². The lowest BCUT2D eigenvalue weighted by atomic mass is 10.1. The molecule has 6 heteroatoms. The Balaban J connectivity index is 2.18. The van der Waals surface area contributed by atoms with Gasteiger partial charge in [-0.3, -0.25) is 0 Å². The normalized spacial score (nSPS) is 12.0. The van der Waals surface area contributed by atoms with E-state index in [9.17, 15) is 12.8 Å². The molecule has 0 aliphatic heterocycles. The van der Waals surface area contributed by atoms with Gasteiger partial charge >= 0.3 is 0 Å². The van der Waals surface area contributed by atoms with Gasteiger partial charge in [0.1, 0.15) is 5.82 Å². The van der Waals surface area contributed by atoms with E-state index in [4.69, 9.17) is 0 Å². The molecule has 0 heterocycles. The molecule has 2 aromatic carbocycles. The summed E-state index contributed by atoms with van der Waals surface area (Å²) in [5, 5.41) is 0. The van der Waals surface area contributed by atoms with Crippen LogP contribution in [0.2, 0.25) is 0 Å². The largest absolute Gasteiger partial charge is 0.308 e. The Morgan fingerprint density at radius 2 is 1.50 bits per heavy atom. The van der Waals surface area contributed by atoms with Gasteiger partial charge in [0.2, 0.25) is 10.0 Å². The summed E-state index contributed by atoms with van der Waals surface area (Å²) in [5.74, 6) is -0.446. The second-order valence-corrected chi connectivity index (χ2v) is 7.83. The van der Waals surface area contributed by atoms with Crippen molar-refractivity contribution in [2.45, 2.75) is 11.3 Å². The zero-order chi connectivity index (χ0) is 17.6. The maximum absolute atomic E-state index is 13.1. The molecule has 0 N–H and O–H groups in total. The predicted octanol–water partition coefficient (Wildman–Crippen LogP) is 2.62. The Morgan fingerprint density at radius 1 is 0.875 bits per heavy atom. The number of likely N-dealkylation sites (N-methyl/N-ethyl adjacent to an activating group) is 1. The first-order valence-corrected chi connectivity index (χ1v) is 9.28. The lowest BCUT2D eigenvalue weighted by Gasteiger charge is -2.24. The highest BCUT2D eigenvalue weighted by molar-refractivity contribution is 7.89. The molecule has 0 bridgehead atoms. The van der Waals surface area contributed by atoms with E-state index in [-0.39, 0.29) is 4.90 Å². The first kappa shape index (κ1) is 18.6. The summed E-state index contributed by atoms with van der Waals surface area (Å²) < 4.78 is 40.3. The zero-order valence-electron chi connectivity index (χ0n) is 14.0. The number of halogens is 1. The van der Waals surface area contributed by atoms with Crippen molar-refractivity contribution in [2.75, 3.05) is 33.7 Å². The van der Waals surface area contributed by atoms with Crippen molar-refractivity contribution in [2.24, 2.45) is 0 Å². The van der Waals surface area contributed by atoms with E-state index in [2.05, 4.69) is 0 Å². The lowest BCUT2D eigenvalue weighted by Crippen LogP contribution is -2.38. The number of hydrogen-bond donors (Lipinski definition) is 0. The van der Waals surface area contributed by atoms with Crippen LogP contribution in [0.5, 0.6) is 0 Å². The zero-order valence-corrected chi connectivity index (χ0v) is 14.8. The molecule has 2 rings (SSSR count). The Hall–Kier alpha value is -1.76. The molecule has 0 radical (unpaired) electrons. The first-order chi connectivity index (χ1) is 11.4. The highest BCUT2D eigenvalue weighted by Crippen LogP contribution is 2.17. The fourth-order valence-corrected chi connectivity index (χ4v) is 3.75. The number of nitrogens with zero attached hydrogens (tertiary/aromatic N) is 2. The van der Waals surface area contributed by atoms with Crippen molar-refractivity contribution in [1.29, 1.82) is 0 Å². The Kier molecular flexibility index (Phi) is 6.48. The monoisotopic (exact) mass is 350 g/mol. The Labute approximate surface area is 143 Å². The smallest absolute Gasteiger partial charge is 0.243 e. The van der Waals surface area contributed by atoms with Crippen molar-refractivity contribution in [3.63, 3.8) is 0 Å². The molecule has 0 aliphatic carbocycles. The molecule has 0 aromatic heterocycles. The summed E-state index contributed by atoms with van der Waals surface area (Å²) in [4.78, 5) is 2.06. The van der Waals surface area contributed by atoms with Crippen molar-refractivity contribution in [1.82, 2.24) is 9.21 Å². The minimum absolute atomic E-state index is 0.121. The third kappa shape index (κ3) is 5.12. The van der Waals surface area contributed by atoms with Crippen LogP contribution in [0.1, 0.15) is 5.56 Å². The minimum Gasteiger partial charge on any atom is -0.308 e. The summed E-state index contributed by atoms with van der Waals surface area (Å²) >= 11 is 0. The summed E-state index contributed by atoms with van der Waals surface area (Å²) in [6.07, 6.45) is 0.634. The molecular weight excluding hydrogens is 327 g/mol. The third-order valence-electron chi connectivity index (χ3n) is 3.74. The van der Waals surface area contributed by atoms with Gasteiger partial charge < -0.3 is 4.90 Å². The molecule has 130 valence electrons. The molecule has 0 atom stereocenters. The van der Waals surface area contributed by atoms with Crippen LogP contribution in [0.4, 0.5) is 4.39 Å². The van der Waals surface area contributed by atoms with Crippen molar-refractivity contribution in [3.05, 3.63) is 66.0 Å². The highest BCUT2D eigenvalue weighted by atomic mass is 32.2. The number of hydrogen-bond acceptors (Lipinski definition) is 3. The van der Waals surface area contributed by atoms with Gasteiger partial charge in [0, 0.05) is 19.6 Å². The topological polar surface area (TPSA) is 40.6 Å². The molecule has 0 saturated carbocycles. The fraction of sp³-hybridized carbons (Fsp3) is 0.333. The number of rotatable bonds is 8. The van der Waals surface area contributed by atoms with Crippen LogP contribution in [0, 0.1) is 5.82 Å². The van der Waals surface area contributed by atoms with E-state index in [1.165, 1.54) is 28.6 Å². The molecule has 0 aliphatic rings. The van der Waals surface area contributed by atoms with Crippen LogP contribution in [0.15, 0.2) is 59.5 Å². The highest BCUT2D eigenvalue weighted by Gasteiger charge is 2.24. The summed E-state index contributed by atoms with van der Waals surface area (Å²) in [7, 11) is 0.162. The molecule has 0 spiro atoms. The predicted molar refractivity (Wildman–Crippen MR) is 93.9 cm³/mol. The average molecular weight is 350 g/mol. The fourth-order valence-electron chi connectivity index (χ4n) is 2.32. The average Bonchev–Trinajstić information content (AvgIpc) is 2.55. The molecule has 2 aromatic rings. The van der Waals surface area contributed by atoms with E-state index >= 15 is 0 Å². The molecule has 4 nitrogen and oxygen atoms in total. The standard InChI is InChI=1S/C18H23FN2O2S/c1-20(2)14-15-21(13-12-16-6-4-3-5-7-16)24(22,23)18-10-8-17(19)9-11-18/h3-11H,12-15H2,1-2H3. The molecule has 24 heavy (non-hydrogen) atoms. The van der Waals surface area contributed by atoms with E-state index in [0.717, 1.165) is 5.56 Å². The maximum atomic E-state index is 13.1. The summed E-state index contributed by atoms with van der Waals surface area (Å²) in [6.45, 7) is 1.40. The van der Waals surface area contributed by atoms with Gasteiger partial charge in [-0.25, -0.2) is 12.8 Å². The van der Waals surface area contributed by atoms with Crippen LogP contribution < -0.4 is 0 Å². The Morgan fingerprint density at radius 3 is 2.08 bits per heavy atom. The van der Waals surface area contributed by atoms with Gasteiger partial charge in [-0.1, -0.05) is 30.3 Å². The van der Waals surface area contributed by atoms with Gasteiger partial charge in [-0.05, 0) is 50.3 Å². The van der Waals surface area contributed by atoms with Gasteiger partial charge in [0.15, 0.2) is 0 Å². The first-order valence-electron chi connectivity index (χ1n) is 7.84.